The van der Waals surface area contributed by atoms with Gasteiger partial charge in [0.1, 0.15) is 10.8 Å². The number of nitrogens with two attached hydrogens (primary N) is 1. The molecule has 3 N–H and O–H groups in total. The molecule has 0 bridgehead atoms. The minimum Gasteiger partial charge on any atom is -0.389 e. The number of hydrogen-bond donors (Lipinski definition) is 2. The van der Waals surface area contributed by atoms with Crippen molar-refractivity contribution < 1.29 is 0 Å². The molecule has 0 amide bonds. The Morgan fingerprint density at radius 3 is 2.74 bits per heavy atom. The van der Waals surface area contributed by atoms with E-state index in [-0.39, 0.29) is 0 Å². The van der Waals surface area contributed by atoms with E-state index >= 15 is 0 Å². The Hall–Kier alpha value is -1.59. The van der Waals surface area contributed by atoms with Gasteiger partial charge >= 0.3 is 0 Å². The topological polar surface area (TPSA) is 55.9 Å². The normalized spacial score (nSPS) is 10.5. The van der Waals surface area contributed by atoms with Gasteiger partial charge in [0.25, 0.3) is 0 Å². The maximum atomic E-state index is 6.18. The van der Waals surface area contributed by atoms with Crippen molar-refractivity contribution in [2.75, 3.05) is 5.32 Å². The van der Waals surface area contributed by atoms with Crippen molar-refractivity contribution in [2.45, 2.75) is 13.8 Å². The fourth-order valence-electron chi connectivity index (χ4n) is 1.96. The van der Waals surface area contributed by atoms with Gasteiger partial charge in [0.2, 0.25) is 0 Å². The Labute approximate surface area is 122 Å². The van der Waals surface area contributed by atoms with Gasteiger partial charge in [-0.05, 0) is 31.5 Å². The highest BCUT2D eigenvalue weighted by Crippen LogP contribution is 2.29. The van der Waals surface area contributed by atoms with E-state index in [2.05, 4.69) is 10.4 Å². The van der Waals surface area contributed by atoms with Gasteiger partial charge < -0.3 is 11.1 Å². The summed E-state index contributed by atoms with van der Waals surface area (Å²) in [4.78, 5) is 0.317. The Kier molecular flexibility index (Phi) is 3.78. The zero-order valence-electron chi connectivity index (χ0n) is 11.0. The van der Waals surface area contributed by atoms with Crippen LogP contribution in [0.5, 0.6) is 0 Å². The maximum absolute atomic E-state index is 6.18. The Bertz CT molecular complexity index is 648. The number of nitrogens with one attached hydrogen (secondary N) is 1. The number of rotatable bonds is 3. The number of halogens is 1. The van der Waals surface area contributed by atoms with Gasteiger partial charge in [0, 0.05) is 7.05 Å². The highest BCUT2D eigenvalue weighted by Gasteiger charge is 2.16. The number of hydrogen-bond acceptors (Lipinski definition) is 3. The van der Waals surface area contributed by atoms with Gasteiger partial charge in [-0.3, -0.25) is 4.68 Å². The minimum atomic E-state index is 0.317. The lowest BCUT2D eigenvalue weighted by Gasteiger charge is -2.11. The molecule has 1 aromatic carbocycles. The van der Waals surface area contributed by atoms with Crippen molar-refractivity contribution in [1.29, 1.82) is 0 Å². The van der Waals surface area contributed by atoms with Gasteiger partial charge in [0.15, 0.2) is 0 Å². The molecule has 0 aliphatic carbocycles. The van der Waals surface area contributed by atoms with Crippen molar-refractivity contribution in [3.05, 3.63) is 40.0 Å². The van der Waals surface area contributed by atoms with Crippen LogP contribution in [0, 0.1) is 13.8 Å². The number of benzene rings is 1. The summed E-state index contributed by atoms with van der Waals surface area (Å²) in [6, 6.07) is 5.77. The van der Waals surface area contributed by atoms with Crippen LogP contribution in [0.4, 0.5) is 11.5 Å². The van der Waals surface area contributed by atoms with Crippen LogP contribution < -0.4 is 11.1 Å². The molecule has 0 atom stereocenters. The van der Waals surface area contributed by atoms with E-state index < -0.39 is 0 Å². The lowest BCUT2D eigenvalue weighted by atomic mass is 10.2. The molecule has 2 rings (SSSR count). The molecular weight excluding hydrogens is 280 g/mol. The summed E-state index contributed by atoms with van der Waals surface area (Å²) in [6.07, 6.45) is 0. The lowest BCUT2D eigenvalue weighted by Crippen LogP contribution is -2.13. The zero-order valence-corrected chi connectivity index (χ0v) is 12.6. The van der Waals surface area contributed by atoms with Gasteiger partial charge in [-0.25, -0.2) is 0 Å². The number of aromatic nitrogens is 2. The predicted molar refractivity (Wildman–Crippen MR) is 83.3 cm³/mol. The van der Waals surface area contributed by atoms with Crippen LogP contribution in [0.2, 0.25) is 5.02 Å². The fraction of sp³-hybridized carbons (Fsp3) is 0.231. The van der Waals surface area contributed by atoms with Crippen molar-refractivity contribution >= 4 is 40.3 Å². The first-order chi connectivity index (χ1) is 8.90. The molecule has 0 unspecified atom stereocenters. The van der Waals surface area contributed by atoms with Crippen molar-refractivity contribution in [3.8, 4) is 0 Å². The lowest BCUT2D eigenvalue weighted by molar-refractivity contribution is 0.765. The molecule has 0 aliphatic heterocycles. The van der Waals surface area contributed by atoms with Crippen molar-refractivity contribution in [1.82, 2.24) is 9.78 Å². The maximum Gasteiger partial charge on any atom is 0.138 e. The van der Waals surface area contributed by atoms with Gasteiger partial charge in [0.05, 0.1) is 22.0 Å². The standard InChI is InChI=1S/C13H15ClN4S/c1-7-4-5-9(14)10(6-7)16-13-11(12(15)19)8(2)17-18(13)3/h4-6,16H,1-3H3,(H2,15,19). The van der Waals surface area contributed by atoms with Crippen molar-refractivity contribution in [3.63, 3.8) is 0 Å². The summed E-state index contributed by atoms with van der Waals surface area (Å²) in [5.74, 6) is 0.748. The van der Waals surface area contributed by atoms with Crippen LogP contribution in [0.15, 0.2) is 18.2 Å². The quantitative estimate of drug-likeness (QED) is 0.854. The van der Waals surface area contributed by atoms with E-state index in [9.17, 15) is 0 Å². The summed E-state index contributed by atoms with van der Waals surface area (Å²) in [5, 5.41) is 8.21. The third kappa shape index (κ3) is 2.72. The number of aryl methyl sites for hydroxylation is 3. The van der Waals surface area contributed by atoms with E-state index in [4.69, 9.17) is 29.6 Å². The molecule has 1 aromatic heterocycles. The summed E-state index contributed by atoms with van der Waals surface area (Å²) in [7, 11) is 1.83. The summed E-state index contributed by atoms with van der Waals surface area (Å²) in [5.41, 5.74) is 9.21. The molecule has 0 saturated heterocycles. The van der Waals surface area contributed by atoms with Crippen LogP contribution in [0.1, 0.15) is 16.8 Å². The molecule has 0 spiro atoms. The van der Waals surface area contributed by atoms with E-state index in [1.807, 2.05) is 39.1 Å². The fourth-order valence-corrected chi connectivity index (χ4v) is 2.37. The van der Waals surface area contributed by atoms with Crippen LogP contribution >= 0.6 is 23.8 Å². The summed E-state index contributed by atoms with van der Waals surface area (Å²) in [6.45, 7) is 3.88. The molecule has 0 radical (unpaired) electrons. The van der Waals surface area contributed by atoms with E-state index in [0.717, 1.165) is 28.3 Å². The molecule has 0 aliphatic rings. The van der Waals surface area contributed by atoms with Crippen LogP contribution in [-0.2, 0) is 7.05 Å². The Balaban J connectivity index is 2.49. The average Bonchev–Trinajstić information content (AvgIpc) is 2.59. The minimum absolute atomic E-state index is 0.317. The summed E-state index contributed by atoms with van der Waals surface area (Å²) < 4.78 is 1.71. The number of anilines is 2. The third-order valence-electron chi connectivity index (χ3n) is 2.84. The zero-order chi connectivity index (χ0) is 14.2. The van der Waals surface area contributed by atoms with Crippen LogP contribution in [0.25, 0.3) is 0 Å². The molecule has 6 heteroatoms. The molecule has 0 fully saturated rings. The first-order valence-corrected chi connectivity index (χ1v) is 6.55. The van der Waals surface area contributed by atoms with Gasteiger partial charge in [-0.15, -0.1) is 0 Å². The Morgan fingerprint density at radius 1 is 1.42 bits per heavy atom. The first-order valence-electron chi connectivity index (χ1n) is 5.76. The SMILES string of the molecule is Cc1ccc(Cl)c(Nc2c(C(N)=S)c(C)nn2C)c1. The molecule has 0 saturated carbocycles. The summed E-state index contributed by atoms with van der Waals surface area (Å²) >= 11 is 11.3. The largest absolute Gasteiger partial charge is 0.389 e. The van der Waals surface area contributed by atoms with Gasteiger partial charge in [-0.2, -0.15) is 5.10 Å². The Morgan fingerprint density at radius 2 is 2.11 bits per heavy atom. The van der Waals surface area contributed by atoms with Crippen molar-refractivity contribution in [2.24, 2.45) is 12.8 Å². The second kappa shape index (κ2) is 5.19. The van der Waals surface area contributed by atoms with E-state index in [1.54, 1.807) is 4.68 Å². The second-order valence-electron chi connectivity index (χ2n) is 4.41. The van der Waals surface area contributed by atoms with E-state index in [1.165, 1.54) is 0 Å². The van der Waals surface area contributed by atoms with Crippen LogP contribution in [-0.4, -0.2) is 14.8 Å². The van der Waals surface area contributed by atoms with Gasteiger partial charge in [-0.1, -0.05) is 29.9 Å². The molecule has 1 heterocycles. The predicted octanol–water partition coefficient (Wildman–Crippen LogP) is 3.07. The highest BCUT2D eigenvalue weighted by molar-refractivity contribution is 7.80. The van der Waals surface area contributed by atoms with Crippen LogP contribution in [0.3, 0.4) is 0 Å². The van der Waals surface area contributed by atoms with E-state index in [0.29, 0.717) is 10.0 Å². The molecule has 2 aromatic rings. The second-order valence-corrected chi connectivity index (χ2v) is 5.25. The molecule has 4 nitrogen and oxygen atoms in total. The average molecular weight is 295 g/mol. The third-order valence-corrected chi connectivity index (χ3v) is 3.38. The molecular formula is C13H15ClN4S. The highest BCUT2D eigenvalue weighted by atomic mass is 35.5. The number of thiocarbonyl (C=S) groups is 1. The molecule has 19 heavy (non-hydrogen) atoms. The molecule has 100 valence electrons. The smallest absolute Gasteiger partial charge is 0.138 e. The first kappa shape index (κ1) is 13.8. The number of nitrogens with zero attached hydrogens (tertiary/aromatic N) is 2. The monoisotopic (exact) mass is 294 g/mol.